The van der Waals surface area contributed by atoms with E-state index in [1.807, 2.05) is 12.1 Å². The number of rotatable bonds is 2. The Morgan fingerprint density at radius 1 is 1.39 bits per heavy atom. The molecule has 1 atom stereocenters. The maximum Gasteiger partial charge on any atom is 0.419 e. The Bertz CT molecular complexity index is 619. The topological polar surface area (TPSA) is 55.4 Å². The molecule has 1 aromatic heterocycles. The molecule has 0 amide bonds. The predicted octanol–water partition coefficient (Wildman–Crippen LogP) is 2.36. The predicted molar refractivity (Wildman–Crippen MR) is 68.4 cm³/mol. The van der Waals surface area contributed by atoms with Crippen LogP contribution in [0.3, 0.4) is 0 Å². The van der Waals surface area contributed by atoms with Gasteiger partial charge in [-0.15, -0.1) is 0 Å². The Morgan fingerprint density at radius 3 is 2.83 bits per heavy atom. The van der Waals surface area contributed by atoms with Gasteiger partial charge < -0.3 is 9.52 Å². The van der Waals surface area contributed by atoms with Crippen molar-refractivity contribution in [2.75, 3.05) is 0 Å². The van der Waals surface area contributed by atoms with Crippen LogP contribution >= 0.6 is 0 Å². The van der Waals surface area contributed by atoms with E-state index in [-0.39, 0.29) is 5.76 Å². The summed E-state index contributed by atoms with van der Waals surface area (Å²) in [6, 6.07) is 5.52. The molecule has 2 aromatic rings. The number of aromatic nitrogens is 1. The summed E-state index contributed by atoms with van der Waals surface area (Å²) in [6.07, 6.45) is 4.12. The first-order valence-corrected chi connectivity index (χ1v) is 6.44. The summed E-state index contributed by atoms with van der Waals surface area (Å²) in [6.45, 7) is 0. The average Bonchev–Trinajstić information content (AvgIpc) is 2.98. The van der Waals surface area contributed by atoms with Gasteiger partial charge in [0.15, 0.2) is 5.58 Å². The van der Waals surface area contributed by atoms with Crippen LogP contribution in [0.25, 0.3) is 11.1 Å². The number of aliphatic hydroxyl groups is 1. The number of benzene rings is 1. The molecule has 0 radical (unpaired) electrons. The number of oxazole rings is 1. The second-order valence-corrected chi connectivity index (χ2v) is 5.14. The minimum atomic E-state index is -0.442. The van der Waals surface area contributed by atoms with Gasteiger partial charge in [-0.05, 0) is 36.5 Å². The van der Waals surface area contributed by atoms with Gasteiger partial charge in [-0.3, -0.25) is 4.57 Å². The molecular formula is C14H17NO3. The summed E-state index contributed by atoms with van der Waals surface area (Å²) in [4.78, 5) is 11.4. The van der Waals surface area contributed by atoms with E-state index < -0.39 is 6.10 Å². The monoisotopic (exact) mass is 247 g/mol. The third-order valence-electron chi connectivity index (χ3n) is 4.00. The van der Waals surface area contributed by atoms with Crippen LogP contribution in [0.1, 0.15) is 37.4 Å². The Balaban J connectivity index is 2.00. The van der Waals surface area contributed by atoms with Crippen LogP contribution in [0, 0.1) is 5.92 Å². The number of aryl methyl sites for hydroxylation is 1. The first-order chi connectivity index (χ1) is 8.66. The molecule has 18 heavy (non-hydrogen) atoms. The molecular weight excluding hydrogens is 230 g/mol. The summed E-state index contributed by atoms with van der Waals surface area (Å²) in [5.74, 6) is -0.0182. The maximum absolute atomic E-state index is 11.4. The molecule has 0 spiro atoms. The van der Waals surface area contributed by atoms with Gasteiger partial charge in [0.05, 0.1) is 11.6 Å². The molecule has 3 rings (SSSR count). The highest BCUT2D eigenvalue weighted by Gasteiger charge is 2.25. The minimum Gasteiger partial charge on any atom is -0.408 e. The average molecular weight is 247 g/mol. The zero-order chi connectivity index (χ0) is 12.7. The minimum absolute atomic E-state index is 0.345. The van der Waals surface area contributed by atoms with Gasteiger partial charge in [-0.1, -0.05) is 18.9 Å². The van der Waals surface area contributed by atoms with Crippen molar-refractivity contribution in [2.45, 2.75) is 31.8 Å². The molecule has 0 saturated heterocycles. The number of aliphatic hydroxyl groups excluding tert-OH is 1. The van der Waals surface area contributed by atoms with E-state index >= 15 is 0 Å². The van der Waals surface area contributed by atoms with Crippen molar-refractivity contribution in [3.05, 3.63) is 34.3 Å². The van der Waals surface area contributed by atoms with Gasteiger partial charge in [-0.2, -0.15) is 0 Å². The molecule has 1 N–H and O–H groups in total. The molecule has 1 aliphatic carbocycles. The normalized spacial score (nSPS) is 18.6. The Labute approximate surface area is 105 Å². The lowest BCUT2D eigenvalue weighted by Crippen LogP contribution is -2.09. The van der Waals surface area contributed by atoms with E-state index in [0.29, 0.717) is 11.5 Å². The van der Waals surface area contributed by atoms with E-state index in [1.54, 1.807) is 13.1 Å². The smallest absolute Gasteiger partial charge is 0.408 e. The van der Waals surface area contributed by atoms with Crippen LogP contribution in [0.5, 0.6) is 0 Å². The first-order valence-electron chi connectivity index (χ1n) is 6.44. The fourth-order valence-electron chi connectivity index (χ4n) is 2.88. The molecule has 4 heteroatoms. The Hall–Kier alpha value is -1.55. The first kappa shape index (κ1) is 11.5. The van der Waals surface area contributed by atoms with Crippen molar-refractivity contribution in [3.63, 3.8) is 0 Å². The lowest BCUT2D eigenvalue weighted by atomic mass is 9.94. The largest absolute Gasteiger partial charge is 0.419 e. The molecule has 0 bridgehead atoms. The molecule has 1 aliphatic rings. The highest BCUT2D eigenvalue weighted by molar-refractivity contribution is 5.73. The number of nitrogens with zero attached hydrogens (tertiary/aromatic N) is 1. The van der Waals surface area contributed by atoms with Gasteiger partial charge in [0, 0.05) is 7.05 Å². The Kier molecular flexibility index (Phi) is 2.74. The van der Waals surface area contributed by atoms with Crippen molar-refractivity contribution >= 4 is 11.1 Å². The second kappa shape index (κ2) is 4.28. The highest BCUT2D eigenvalue weighted by atomic mass is 16.4. The van der Waals surface area contributed by atoms with Crippen LogP contribution in [0.15, 0.2) is 27.4 Å². The van der Waals surface area contributed by atoms with E-state index in [1.165, 1.54) is 17.4 Å². The molecule has 0 aliphatic heterocycles. The van der Waals surface area contributed by atoms with Gasteiger partial charge >= 0.3 is 5.76 Å². The lowest BCUT2D eigenvalue weighted by molar-refractivity contribution is 0.111. The molecule has 4 nitrogen and oxygen atoms in total. The van der Waals surface area contributed by atoms with E-state index in [2.05, 4.69) is 0 Å². The summed E-state index contributed by atoms with van der Waals surface area (Å²) >= 11 is 0. The molecule has 1 saturated carbocycles. The lowest BCUT2D eigenvalue weighted by Gasteiger charge is -2.17. The van der Waals surface area contributed by atoms with Crippen LogP contribution in [0.4, 0.5) is 0 Å². The summed E-state index contributed by atoms with van der Waals surface area (Å²) < 4.78 is 6.62. The van der Waals surface area contributed by atoms with E-state index in [9.17, 15) is 9.90 Å². The second-order valence-electron chi connectivity index (χ2n) is 5.14. The molecule has 1 fully saturated rings. The SMILES string of the molecule is Cn1c(=O)oc2cc(C(O)C3CCCC3)ccc21. The van der Waals surface area contributed by atoms with Gasteiger partial charge in [-0.25, -0.2) is 4.79 Å². The highest BCUT2D eigenvalue weighted by Crippen LogP contribution is 2.36. The quantitative estimate of drug-likeness (QED) is 0.886. The zero-order valence-corrected chi connectivity index (χ0v) is 10.4. The van der Waals surface area contributed by atoms with Crippen molar-refractivity contribution in [1.82, 2.24) is 4.57 Å². The standard InChI is InChI=1S/C14H17NO3/c1-15-11-7-6-10(8-12(11)18-14(15)17)13(16)9-4-2-3-5-9/h6-9,13,16H,2-5H2,1H3. The van der Waals surface area contributed by atoms with Crippen LogP contribution < -0.4 is 5.76 Å². The van der Waals surface area contributed by atoms with Crippen LogP contribution in [-0.2, 0) is 7.05 Å². The fraction of sp³-hybridized carbons (Fsp3) is 0.500. The van der Waals surface area contributed by atoms with Gasteiger partial charge in [0.2, 0.25) is 0 Å². The number of fused-ring (bicyclic) bond motifs is 1. The molecule has 1 aromatic carbocycles. The van der Waals surface area contributed by atoms with E-state index in [4.69, 9.17) is 4.42 Å². The maximum atomic E-state index is 11.4. The Morgan fingerprint density at radius 2 is 2.11 bits per heavy atom. The zero-order valence-electron chi connectivity index (χ0n) is 10.4. The molecule has 1 heterocycles. The molecule has 1 unspecified atom stereocenters. The van der Waals surface area contributed by atoms with E-state index in [0.717, 1.165) is 23.9 Å². The fourth-order valence-corrected chi connectivity index (χ4v) is 2.88. The van der Waals surface area contributed by atoms with Crippen molar-refractivity contribution in [2.24, 2.45) is 13.0 Å². The van der Waals surface area contributed by atoms with Crippen molar-refractivity contribution < 1.29 is 9.52 Å². The van der Waals surface area contributed by atoms with Crippen LogP contribution in [-0.4, -0.2) is 9.67 Å². The summed E-state index contributed by atoms with van der Waals surface area (Å²) in [5, 5.41) is 10.3. The third-order valence-corrected chi connectivity index (χ3v) is 4.00. The number of hydrogen-bond acceptors (Lipinski definition) is 3. The van der Waals surface area contributed by atoms with Gasteiger partial charge in [0.1, 0.15) is 0 Å². The summed E-state index contributed by atoms with van der Waals surface area (Å²) in [7, 11) is 1.68. The summed E-state index contributed by atoms with van der Waals surface area (Å²) in [5.41, 5.74) is 2.17. The third kappa shape index (κ3) is 1.77. The molecule has 96 valence electrons. The van der Waals surface area contributed by atoms with Gasteiger partial charge in [0.25, 0.3) is 0 Å². The van der Waals surface area contributed by atoms with Crippen molar-refractivity contribution in [3.8, 4) is 0 Å². The van der Waals surface area contributed by atoms with Crippen molar-refractivity contribution in [1.29, 1.82) is 0 Å². The number of hydrogen-bond donors (Lipinski definition) is 1. The van der Waals surface area contributed by atoms with Crippen LogP contribution in [0.2, 0.25) is 0 Å².